The predicted octanol–water partition coefficient (Wildman–Crippen LogP) is 3.98. The van der Waals surface area contributed by atoms with Crippen LogP contribution in [0.15, 0.2) is 24.3 Å². The second kappa shape index (κ2) is 8.91. The van der Waals surface area contributed by atoms with Gasteiger partial charge in [0.2, 0.25) is 0 Å². The number of hydrogen-bond acceptors (Lipinski definition) is 3. The summed E-state index contributed by atoms with van der Waals surface area (Å²) in [6.45, 7) is 12.0. The van der Waals surface area contributed by atoms with Gasteiger partial charge in [0.15, 0.2) is 6.10 Å². The van der Waals surface area contributed by atoms with Crippen LogP contribution in [0.25, 0.3) is 0 Å². The van der Waals surface area contributed by atoms with Crippen LogP contribution in [0.3, 0.4) is 0 Å². The number of hydrogen-bond donors (Lipinski definition) is 1. The minimum absolute atomic E-state index is 0. The summed E-state index contributed by atoms with van der Waals surface area (Å²) in [5.41, 5.74) is 7.28. The van der Waals surface area contributed by atoms with Gasteiger partial charge in [0.05, 0.1) is 0 Å². The van der Waals surface area contributed by atoms with Crippen LogP contribution in [0.2, 0.25) is 0 Å². The third-order valence-corrected chi connectivity index (χ3v) is 5.08. The zero-order chi connectivity index (χ0) is 17.9. The van der Waals surface area contributed by atoms with Crippen LogP contribution in [0, 0.1) is 5.41 Å². The number of piperidine rings is 1. The molecule has 1 amide bonds. The lowest BCUT2D eigenvalue weighted by atomic mass is 9.79. The number of ether oxygens (including phenoxy) is 1. The number of halogens is 1. The van der Waals surface area contributed by atoms with Crippen molar-refractivity contribution in [3.05, 3.63) is 29.8 Å². The van der Waals surface area contributed by atoms with E-state index in [1.165, 1.54) is 0 Å². The Morgan fingerprint density at radius 3 is 2.56 bits per heavy atom. The van der Waals surface area contributed by atoms with Crippen molar-refractivity contribution < 1.29 is 9.53 Å². The Hall–Kier alpha value is -1.26. The summed E-state index contributed by atoms with van der Waals surface area (Å²) >= 11 is 0. The first-order valence-corrected chi connectivity index (χ1v) is 9.06. The zero-order valence-corrected chi connectivity index (χ0v) is 16.9. The molecule has 0 aliphatic carbocycles. The summed E-state index contributed by atoms with van der Waals surface area (Å²) in [7, 11) is 0. The lowest BCUT2D eigenvalue weighted by molar-refractivity contribution is -0.142. The normalized spacial score (nSPS) is 20.8. The van der Waals surface area contributed by atoms with E-state index in [2.05, 4.69) is 33.8 Å². The predicted molar refractivity (Wildman–Crippen MR) is 105 cm³/mol. The average molecular weight is 369 g/mol. The molecule has 5 heteroatoms. The second-order valence-electron chi connectivity index (χ2n) is 7.85. The first-order valence-electron chi connectivity index (χ1n) is 9.06. The minimum atomic E-state index is -0.435. The maximum Gasteiger partial charge on any atom is 0.263 e. The molecule has 2 unspecified atom stereocenters. The third kappa shape index (κ3) is 5.11. The summed E-state index contributed by atoms with van der Waals surface area (Å²) in [6, 6.07) is 8.15. The highest BCUT2D eigenvalue weighted by Gasteiger charge is 2.37. The third-order valence-electron chi connectivity index (χ3n) is 5.08. The van der Waals surface area contributed by atoms with E-state index in [1.54, 1.807) is 0 Å². The van der Waals surface area contributed by atoms with Gasteiger partial charge in [-0.1, -0.05) is 52.8 Å². The van der Waals surface area contributed by atoms with Gasteiger partial charge >= 0.3 is 0 Å². The maximum absolute atomic E-state index is 13.0. The van der Waals surface area contributed by atoms with E-state index < -0.39 is 6.10 Å². The van der Waals surface area contributed by atoms with Crippen LogP contribution >= 0.6 is 12.4 Å². The number of carbonyl (C=O) groups is 1. The molecule has 1 fully saturated rings. The highest BCUT2D eigenvalue weighted by molar-refractivity contribution is 5.85. The fraction of sp³-hybridized carbons (Fsp3) is 0.650. The van der Waals surface area contributed by atoms with Crippen molar-refractivity contribution in [1.82, 2.24) is 4.90 Å². The average Bonchev–Trinajstić information content (AvgIpc) is 2.54. The van der Waals surface area contributed by atoms with Crippen molar-refractivity contribution in [2.75, 3.05) is 13.1 Å². The molecule has 0 spiro atoms. The summed E-state index contributed by atoms with van der Waals surface area (Å²) in [4.78, 5) is 14.9. The van der Waals surface area contributed by atoms with Crippen molar-refractivity contribution in [3.63, 3.8) is 0 Å². The minimum Gasteiger partial charge on any atom is -0.480 e. The largest absolute Gasteiger partial charge is 0.480 e. The molecule has 1 saturated heterocycles. The highest BCUT2D eigenvalue weighted by atomic mass is 35.5. The summed E-state index contributed by atoms with van der Waals surface area (Å²) in [6.07, 6.45) is 1.07. The quantitative estimate of drug-likeness (QED) is 0.855. The number of nitrogens with zero attached hydrogens (tertiary/aromatic N) is 1. The maximum atomic E-state index is 13.0. The number of amides is 1. The van der Waals surface area contributed by atoms with Crippen LogP contribution in [-0.2, 0) is 4.79 Å². The van der Waals surface area contributed by atoms with Gasteiger partial charge in [0, 0.05) is 19.1 Å². The Balaban J connectivity index is 0.00000312. The Morgan fingerprint density at radius 2 is 2.00 bits per heavy atom. The molecular weight excluding hydrogens is 336 g/mol. The second-order valence-corrected chi connectivity index (χ2v) is 7.85. The highest BCUT2D eigenvalue weighted by Crippen LogP contribution is 2.30. The molecule has 1 heterocycles. The van der Waals surface area contributed by atoms with E-state index in [9.17, 15) is 4.79 Å². The molecule has 25 heavy (non-hydrogen) atoms. The molecule has 1 aromatic carbocycles. The van der Waals surface area contributed by atoms with Gasteiger partial charge in [-0.05, 0) is 35.8 Å². The number of nitrogens with two attached hydrogens (primary N) is 1. The Kier molecular flexibility index (Phi) is 7.76. The number of benzene rings is 1. The standard InChI is InChI=1S/C20H32N2O2.ClH/c1-6-16(24-17-10-8-7-9-15(17)14(2)3)19(23)22-12-11-18(21)20(4,5)13-22;/h7-10,14,16,18H,6,11-13,21H2,1-5H3;1H. The fourth-order valence-corrected chi connectivity index (χ4v) is 3.29. The van der Waals surface area contributed by atoms with Gasteiger partial charge in [-0.15, -0.1) is 12.4 Å². The van der Waals surface area contributed by atoms with Gasteiger partial charge in [-0.2, -0.15) is 0 Å². The zero-order valence-electron chi connectivity index (χ0n) is 16.1. The molecule has 2 rings (SSSR count). The molecule has 4 nitrogen and oxygen atoms in total. The topological polar surface area (TPSA) is 55.6 Å². The molecule has 0 aromatic heterocycles. The molecule has 1 aromatic rings. The first kappa shape index (κ1) is 21.8. The Labute approximate surface area is 158 Å². The Bertz CT molecular complexity index is 575. The van der Waals surface area contributed by atoms with Gasteiger partial charge in [-0.25, -0.2) is 0 Å². The van der Waals surface area contributed by atoms with E-state index in [0.717, 1.165) is 24.3 Å². The monoisotopic (exact) mass is 368 g/mol. The summed E-state index contributed by atoms with van der Waals surface area (Å²) in [5, 5.41) is 0. The van der Waals surface area contributed by atoms with E-state index in [4.69, 9.17) is 10.5 Å². The van der Waals surface area contributed by atoms with Gasteiger partial charge in [-0.3, -0.25) is 4.79 Å². The molecule has 0 radical (unpaired) electrons. The van der Waals surface area contributed by atoms with E-state index >= 15 is 0 Å². The molecular formula is C20H33ClN2O2. The van der Waals surface area contributed by atoms with Gasteiger partial charge in [0.25, 0.3) is 5.91 Å². The van der Waals surface area contributed by atoms with E-state index in [1.807, 2.05) is 30.0 Å². The first-order chi connectivity index (χ1) is 11.3. The van der Waals surface area contributed by atoms with Crippen LogP contribution < -0.4 is 10.5 Å². The summed E-state index contributed by atoms with van der Waals surface area (Å²) in [5.74, 6) is 1.26. The van der Waals surface area contributed by atoms with E-state index in [-0.39, 0.29) is 29.8 Å². The van der Waals surface area contributed by atoms with Crippen molar-refractivity contribution in [1.29, 1.82) is 0 Å². The molecule has 142 valence electrons. The molecule has 1 aliphatic rings. The molecule has 1 aliphatic heterocycles. The van der Waals surface area contributed by atoms with Crippen molar-refractivity contribution in [2.45, 2.75) is 65.5 Å². The van der Waals surface area contributed by atoms with Gasteiger partial charge in [0.1, 0.15) is 5.75 Å². The number of rotatable bonds is 5. The van der Waals surface area contributed by atoms with Crippen LogP contribution in [0.5, 0.6) is 5.75 Å². The van der Waals surface area contributed by atoms with E-state index in [0.29, 0.717) is 18.9 Å². The fourth-order valence-electron chi connectivity index (χ4n) is 3.29. The molecule has 0 bridgehead atoms. The lowest BCUT2D eigenvalue weighted by Crippen LogP contribution is -2.56. The lowest BCUT2D eigenvalue weighted by Gasteiger charge is -2.43. The molecule has 0 saturated carbocycles. The van der Waals surface area contributed by atoms with Crippen molar-refractivity contribution in [3.8, 4) is 5.75 Å². The number of para-hydroxylation sites is 1. The summed E-state index contributed by atoms with van der Waals surface area (Å²) < 4.78 is 6.14. The number of carbonyl (C=O) groups excluding carboxylic acids is 1. The van der Waals surface area contributed by atoms with Crippen LogP contribution in [0.1, 0.15) is 58.9 Å². The van der Waals surface area contributed by atoms with Crippen molar-refractivity contribution in [2.24, 2.45) is 11.1 Å². The van der Waals surface area contributed by atoms with Gasteiger partial charge < -0.3 is 15.4 Å². The smallest absolute Gasteiger partial charge is 0.263 e. The van der Waals surface area contributed by atoms with Crippen molar-refractivity contribution >= 4 is 18.3 Å². The molecule has 2 atom stereocenters. The SMILES string of the molecule is CCC(Oc1ccccc1C(C)C)C(=O)N1CCC(N)C(C)(C)C1.Cl. The van der Waals surface area contributed by atoms with Crippen LogP contribution in [0.4, 0.5) is 0 Å². The number of likely N-dealkylation sites (tertiary alicyclic amines) is 1. The Morgan fingerprint density at radius 1 is 1.36 bits per heavy atom. The van der Waals surface area contributed by atoms with Crippen LogP contribution in [-0.4, -0.2) is 36.0 Å². The molecule has 2 N–H and O–H groups in total.